The van der Waals surface area contributed by atoms with Crippen LogP contribution in [0.3, 0.4) is 0 Å². The maximum absolute atomic E-state index is 3.79. The first-order chi connectivity index (χ1) is 37.6. The molecule has 8 aromatic carbocycles. The lowest BCUT2D eigenvalue weighted by molar-refractivity contribution is 0.567. The molecule has 8 rings (SSSR count). The van der Waals surface area contributed by atoms with E-state index < -0.39 is 0 Å². The fourth-order valence-electron chi connectivity index (χ4n) is 10.2. The Morgan fingerprint density at radius 2 is 0.354 bits per heavy atom. The Balaban J connectivity index is 1.47. The van der Waals surface area contributed by atoms with Gasteiger partial charge in [0.25, 0.3) is 0 Å². The number of hydrogen-bond donors (Lipinski definition) is 0. The molecule has 0 aliphatic rings. The summed E-state index contributed by atoms with van der Waals surface area (Å²) in [6.07, 6.45) is 0. The van der Waals surface area contributed by atoms with Crippen molar-refractivity contribution in [2.75, 3.05) is 0 Å². The molecule has 0 bridgehead atoms. The summed E-state index contributed by atoms with van der Waals surface area (Å²) < 4.78 is 0. The lowest BCUT2D eigenvalue weighted by atomic mass is 9.79. The van der Waals surface area contributed by atoms with Crippen LogP contribution in [-0.2, 0) is 43.3 Å². The molecule has 0 amide bonds. The van der Waals surface area contributed by atoms with Gasteiger partial charge in [-0.15, -0.1) is 0 Å². The summed E-state index contributed by atoms with van der Waals surface area (Å²) >= 11 is 0. The van der Waals surface area contributed by atoms with E-state index in [1.165, 1.54) is 44.5 Å². The van der Waals surface area contributed by atoms with Gasteiger partial charge in [0.05, 0.1) is 0 Å². The van der Waals surface area contributed by atoms with Crippen molar-refractivity contribution in [2.24, 2.45) is 0 Å². The van der Waals surface area contributed by atoms with E-state index in [0.717, 1.165) is 76.8 Å². The van der Waals surface area contributed by atoms with Gasteiger partial charge >= 0.3 is 0 Å². The highest BCUT2D eigenvalue weighted by Gasteiger charge is 2.25. The normalized spacial score (nSPS) is 12.7. The van der Waals surface area contributed by atoms with E-state index >= 15 is 0 Å². The number of fused-ring (bicyclic) bond motifs is 5. The molecule has 0 saturated carbocycles. The van der Waals surface area contributed by atoms with Gasteiger partial charge in [0, 0.05) is 44.5 Å². The molecule has 8 aromatic rings. The monoisotopic (exact) mass is 1080 g/mol. The van der Waals surface area contributed by atoms with Gasteiger partial charge < -0.3 is 0 Å². The molecule has 82 heavy (non-hydrogen) atoms. The van der Waals surface area contributed by atoms with Crippen LogP contribution < -0.4 is 0 Å². The van der Waals surface area contributed by atoms with E-state index in [0.29, 0.717) is 0 Å². The van der Waals surface area contributed by atoms with Crippen LogP contribution in [0.15, 0.2) is 121 Å². The second kappa shape index (κ2) is 21.5. The fourth-order valence-corrected chi connectivity index (χ4v) is 10.2. The van der Waals surface area contributed by atoms with Crippen molar-refractivity contribution in [1.82, 2.24) is 0 Å². The molecule has 0 atom stereocenters. The zero-order valence-corrected chi connectivity index (χ0v) is 54.5. The van der Waals surface area contributed by atoms with Gasteiger partial charge in [-0.2, -0.15) is 0 Å². The Hall–Kier alpha value is -7.22. The summed E-state index contributed by atoms with van der Waals surface area (Å²) in [6, 6.07) is 45.7. The first kappa shape index (κ1) is 60.9. The first-order valence-corrected chi connectivity index (χ1v) is 29.8. The largest absolute Gasteiger partial charge is 0.0616 e. The van der Waals surface area contributed by atoms with Crippen molar-refractivity contribution in [2.45, 2.75) is 209 Å². The second-order valence-corrected chi connectivity index (χ2v) is 31.7. The Kier molecular flexibility index (Phi) is 16.0. The highest BCUT2D eigenvalue weighted by Crippen LogP contribution is 2.39. The summed E-state index contributed by atoms with van der Waals surface area (Å²) in [6.45, 7) is 54.8. The lowest BCUT2D eigenvalue weighted by Crippen LogP contribution is -2.16. The van der Waals surface area contributed by atoms with Crippen LogP contribution in [0.25, 0.3) is 32.3 Å². The third-order valence-electron chi connectivity index (χ3n) is 16.1. The van der Waals surface area contributed by atoms with Crippen molar-refractivity contribution in [3.8, 4) is 47.4 Å². The number of rotatable bonds is 0. The molecule has 0 unspecified atom stereocenters. The maximum Gasteiger partial charge on any atom is 0.0334 e. The minimum absolute atomic E-state index is 0.0222. The molecule has 420 valence electrons. The van der Waals surface area contributed by atoms with Crippen molar-refractivity contribution < 1.29 is 0 Å². The Morgan fingerprint density at radius 3 is 0.561 bits per heavy atom. The Morgan fingerprint density at radius 1 is 0.171 bits per heavy atom. The van der Waals surface area contributed by atoms with E-state index in [-0.39, 0.29) is 43.3 Å². The average molecular weight is 1080 g/mol. The summed E-state index contributed by atoms with van der Waals surface area (Å²) in [4.78, 5) is 0. The third kappa shape index (κ3) is 14.2. The molecule has 0 nitrogen and oxygen atoms in total. The van der Waals surface area contributed by atoms with Gasteiger partial charge in [0.15, 0.2) is 0 Å². The molecular weight excluding hydrogens is 985 g/mol. The third-order valence-corrected chi connectivity index (χ3v) is 16.1. The van der Waals surface area contributed by atoms with Crippen LogP contribution in [0, 0.1) is 47.4 Å². The van der Waals surface area contributed by atoms with Gasteiger partial charge in [-0.25, -0.2) is 0 Å². The van der Waals surface area contributed by atoms with Crippen LogP contribution in [0.4, 0.5) is 0 Å². The standard InChI is InChI=1S/C82H92/c1-75(2,3)61-37-55(38-62(49-61)76(4,5)6)27-25-53-31-35-69-59(33-29-57-41-65(79(13,14)15)51-66(42-57)80(16,17)18)48-74-72-46-54(26-28-56-39-63(77(7,8)9)50-64(40-56)78(10,11)12)32-36-70(72)60(47-73(74)71(69)45-53)34-30-58-43-67(81(19,20)21)52-68(44-58)82(22,23)24/h31-32,35-52H,1-24H3. The highest BCUT2D eigenvalue weighted by atomic mass is 14.3. The van der Waals surface area contributed by atoms with Crippen molar-refractivity contribution in [3.63, 3.8) is 0 Å². The van der Waals surface area contributed by atoms with Gasteiger partial charge in [-0.05, 0) is 205 Å². The van der Waals surface area contributed by atoms with Crippen LogP contribution in [0.2, 0.25) is 0 Å². The molecule has 0 saturated heterocycles. The van der Waals surface area contributed by atoms with Crippen LogP contribution in [0.5, 0.6) is 0 Å². The van der Waals surface area contributed by atoms with E-state index in [4.69, 9.17) is 0 Å². The summed E-state index contributed by atoms with van der Waals surface area (Å²) in [5.41, 5.74) is 17.9. The topological polar surface area (TPSA) is 0 Å². The van der Waals surface area contributed by atoms with Gasteiger partial charge in [-0.3, -0.25) is 0 Å². The molecule has 0 N–H and O–H groups in total. The van der Waals surface area contributed by atoms with E-state index in [9.17, 15) is 0 Å². The van der Waals surface area contributed by atoms with Crippen LogP contribution in [-0.4, -0.2) is 0 Å². The molecule has 0 spiro atoms. The van der Waals surface area contributed by atoms with Crippen LogP contribution >= 0.6 is 0 Å². The summed E-state index contributed by atoms with van der Waals surface area (Å²) in [5, 5.41) is 6.54. The molecule has 0 heterocycles. The number of benzene rings is 8. The van der Waals surface area contributed by atoms with Crippen LogP contribution in [0.1, 0.15) is 255 Å². The zero-order valence-electron chi connectivity index (χ0n) is 54.5. The molecule has 0 radical (unpaired) electrons. The fraction of sp³-hybridized carbons (Fsp3) is 0.390. The summed E-state index contributed by atoms with van der Waals surface area (Å²) in [7, 11) is 0. The molecule has 0 aromatic heterocycles. The smallest absolute Gasteiger partial charge is 0.0334 e. The zero-order chi connectivity index (χ0) is 60.5. The molecule has 0 fully saturated rings. The van der Waals surface area contributed by atoms with Crippen molar-refractivity contribution >= 4 is 32.3 Å². The molecular formula is C82H92. The Bertz CT molecular complexity index is 3690. The number of hydrogen-bond acceptors (Lipinski definition) is 0. The van der Waals surface area contributed by atoms with E-state index in [1.54, 1.807) is 0 Å². The van der Waals surface area contributed by atoms with Crippen molar-refractivity contribution in [3.05, 3.63) is 210 Å². The van der Waals surface area contributed by atoms with Gasteiger partial charge in [-0.1, -0.05) is 250 Å². The predicted molar refractivity (Wildman–Crippen MR) is 358 cm³/mol. The Labute approximate surface area is 496 Å². The summed E-state index contributed by atoms with van der Waals surface area (Å²) in [5.74, 6) is 29.6. The SMILES string of the molecule is CC(C)(C)c1cc(C#Cc2ccc3c(C#Cc4cc(C(C)(C)C)cc(C(C)(C)C)c4)cc4c5cc(C#Cc6cc(C(C)(C)C)cc(C(C)(C)C)c6)ccc5c(C#Cc5cc(C(C)(C)C)cc(C(C)(C)C)c5)cc4c3c2)cc(C(C)(C)C)c1. The molecule has 0 aliphatic heterocycles. The average Bonchev–Trinajstić information content (AvgIpc) is 1.28. The van der Waals surface area contributed by atoms with E-state index in [2.05, 4.69) is 335 Å². The lowest BCUT2D eigenvalue weighted by Gasteiger charge is -2.25. The van der Waals surface area contributed by atoms with Crippen molar-refractivity contribution in [1.29, 1.82) is 0 Å². The highest BCUT2D eigenvalue weighted by molar-refractivity contribution is 6.20. The molecule has 0 heteroatoms. The second-order valence-electron chi connectivity index (χ2n) is 31.7. The van der Waals surface area contributed by atoms with Gasteiger partial charge in [0.1, 0.15) is 0 Å². The quantitative estimate of drug-likeness (QED) is 0.105. The minimum atomic E-state index is -0.0399. The first-order valence-electron chi connectivity index (χ1n) is 29.8. The minimum Gasteiger partial charge on any atom is -0.0616 e. The predicted octanol–water partition coefficient (Wildman–Crippen LogP) is 21.1. The molecule has 0 aliphatic carbocycles. The van der Waals surface area contributed by atoms with E-state index in [1.807, 2.05) is 0 Å². The maximum atomic E-state index is 3.79. The van der Waals surface area contributed by atoms with Gasteiger partial charge in [0.2, 0.25) is 0 Å².